The summed E-state index contributed by atoms with van der Waals surface area (Å²) in [5.41, 5.74) is 6.93. The molecule has 0 aliphatic carbocycles. The summed E-state index contributed by atoms with van der Waals surface area (Å²) in [5, 5.41) is 0. The molecule has 0 radical (unpaired) electrons. The van der Waals surface area contributed by atoms with Gasteiger partial charge in [-0.1, -0.05) is 26.3 Å². The molecule has 2 N–H and O–H groups in total. The fourth-order valence-electron chi connectivity index (χ4n) is 2.73. The van der Waals surface area contributed by atoms with Crippen LogP contribution >= 0.6 is 0 Å². The summed E-state index contributed by atoms with van der Waals surface area (Å²) in [6.45, 7) is 4.28. The fourth-order valence-corrected chi connectivity index (χ4v) is 2.73. The molecule has 0 bridgehead atoms. The Morgan fingerprint density at radius 1 is 1.44 bits per heavy atom. The highest BCUT2D eigenvalue weighted by molar-refractivity contribution is 5.39. The molecule has 2 atom stereocenters. The van der Waals surface area contributed by atoms with Gasteiger partial charge in [-0.05, 0) is 25.3 Å². The first-order chi connectivity index (χ1) is 8.60. The molecule has 0 spiro atoms. The maximum atomic E-state index is 13.3. The van der Waals surface area contributed by atoms with Crippen LogP contribution in [0.3, 0.4) is 0 Å². The maximum absolute atomic E-state index is 13.3. The van der Waals surface area contributed by atoms with Crippen LogP contribution in [0.15, 0.2) is 18.2 Å². The van der Waals surface area contributed by atoms with Gasteiger partial charge in [0.05, 0.1) is 0 Å². The summed E-state index contributed by atoms with van der Waals surface area (Å²) in [5.74, 6) is 0.370. The lowest BCUT2D eigenvalue weighted by Gasteiger charge is -2.41. The molecule has 3 heteroatoms. The summed E-state index contributed by atoms with van der Waals surface area (Å²) in [6.07, 6.45) is 4.98. The molecule has 1 aliphatic rings. The molecule has 0 saturated carbocycles. The molecular formula is C15H22FNO. The summed E-state index contributed by atoms with van der Waals surface area (Å²) in [6, 6.07) is 4.61. The highest BCUT2D eigenvalue weighted by Crippen LogP contribution is 2.42. The Kier molecular flexibility index (Phi) is 3.91. The van der Waals surface area contributed by atoms with Crippen LogP contribution in [0.1, 0.15) is 57.6 Å². The summed E-state index contributed by atoms with van der Waals surface area (Å²) in [4.78, 5) is 0. The zero-order chi connectivity index (χ0) is 13.2. The van der Waals surface area contributed by atoms with Gasteiger partial charge in [-0.25, -0.2) is 4.39 Å². The number of ether oxygens (including phenoxy) is 1. The second kappa shape index (κ2) is 5.27. The van der Waals surface area contributed by atoms with Crippen molar-refractivity contribution in [3.63, 3.8) is 0 Å². The van der Waals surface area contributed by atoms with Crippen LogP contribution in [0.2, 0.25) is 0 Å². The molecule has 0 amide bonds. The van der Waals surface area contributed by atoms with E-state index in [1.54, 1.807) is 6.07 Å². The smallest absolute Gasteiger partial charge is 0.127 e. The van der Waals surface area contributed by atoms with E-state index in [1.807, 2.05) is 0 Å². The maximum Gasteiger partial charge on any atom is 0.127 e. The third kappa shape index (κ3) is 2.51. The lowest BCUT2D eigenvalue weighted by atomic mass is 9.82. The van der Waals surface area contributed by atoms with E-state index >= 15 is 0 Å². The zero-order valence-corrected chi connectivity index (χ0v) is 11.2. The van der Waals surface area contributed by atoms with Crippen molar-refractivity contribution >= 4 is 0 Å². The van der Waals surface area contributed by atoms with Gasteiger partial charge in [-0.15, -0.1) is 0 Å². The second-order valence-corrected chi connectivity index (χ2v) is 5.23. The molecule has 2 rings (SSSR count). The van der Waals surface area contributed by atoms with Gasteiger partial charge >= 0.3 is 0 Å². The first-order valence-corrected chi connectivity index (χ1v) is 6.84. The van der Waals surface area contributed by atoms with Crippen molar-refractivity contribution in [2.45, 2.75) is 57.6 Å². The monoisotopic (exact) mass is 251 g/mol. The third-order valence-corrected chi connectivity index (χ3v) is 3.92. The topological polar surface area (TPSA) is 35.2 Å². The molecular weight excluding hydrogens is 229 g/mol. The van der Waals surface area contributed by atoms with Gasteiger partial charge in [-0.2, -0.15) is 0 Å². The predicted octanol–water partition coefficient (Wildman–Crippen LogP) is 3.95. The Labute approximate surface area is 108 Å². The number of benzene rings is 1. The Morgan fingerprint density at radius 3 is 2.89 bits per heavy atom. The van der Waals surface area contributed by atoms with Gasteiger partial charge in [0.15, 0.2) is 0 Å². The minimum atomic E-state index is -0.261. The molecule has 1 heterocycles. The van der Waals surface area contributed by atoms with E-state index in [0.29, 0.717) is 5.75 Å². The zero-order valence-electron chi connectivity index (χ0n) is 11.2. The summed E-state index contributed by atoms with van der Waals surface area (Å²) in [7, 11) is 0. The van der Waals surface area contributed by atoms with Crippen molar-refractivity contribution in [1.82, 2.24) is 0 Å². The molecule has 100 valence electrons. The average Bonchev–Trinajstić information content (AvgIpc) is 2.36. The Hall–Kier alpha value is -1.09. The molecule has 18 heavy (non-hydrogen) atoms. The van der Waals surface area contributed by atoms with E-state index in [9.17, 15) is 4.39 Å². The lowest BCUT2D eigenvalue weighted by Crippen LogP contribution is -2.42. The SMILES string of the molecule is CCCCC1(CC)CC(N)c2ccc(F)cc2O1. The molecule has 1 aliphatic heterocycles. The van der Waals surface area contributed by atoms with Crippen LogP contribution < -0.4 is 10.5 Å². The molecule has 0 saturated heterocycles. The van der Waals surface area contributed by atoms with Crippen molar-refractivity contribution in [2.24, 2.45) is 5.73 Å². The molecule has 0 fully saturated rings. The van der Waals surface area contributed by atoms with Gasteiger partial charge < -0.3 is 10.5 Å². The first kappa shape index (κ1) is 13.3. The number of fused-ring (bicyclic) bond motifs is 1. The van der Waals surface area contributed by atoms with E-state index in [0.717, 1.165) is 37.7 Å². The molecule has 2 nitrogen and oxygen atoms in total. The van der Waals surface area contributed by atoms with Crippen LogP contribution in [0.5, 0.6) is 5.75 Å². The van der Waals surface area contributed by atoms with Crippen molar-refractivity contribution < 1.29 is 9.13 Å². The van der Waals surface area contributed by atoms with E-state index in [-0.39, 0.29) is 17.5 Å². The highest BCUT2D eigenvalue weighted by atomic mass is 19.1. The van der Waals surface area contributed by atoms with Crippen molar-refractivity contribution in [3.05, 3.63) is 29.6 Å². The Balaban J connectivity index is 2.29. The largest absolute Gasteiger partial charge is 0.487 e. The lowest BCUT2D eigenvalue weighted by molar-refractivity contribution is 0.0214. The molecule has 0 aromatic heterocycles. The number of halogens is 1. The quantitative estimate of drug-likeness (QED) is 0.879. The summed E-state index contributed by atoms with van der Waals surface area (Å²) < 4.78 is 19.4. The van der Waals surface area contributed by atoms with Crippen molar-refractivity contribution in [1.29, 1.82) is 0 Å². The number of rotatable bonds is 4. The van der Waals surface area contributed by atoms with Gasteiger partial charge in [-0.3, -0.25) is 0 Å². The van der Waals surface area contributed by atoms with Crippen LogP contribution in [0.25, 0.3) is 0 Å². The third-order valence-electron chi connectivity index (χ3n) is 3.92. The van der Waals surface area contributed by atoms with E-state index in [2.05, 4.69) is 13.8 Å². The Bertz CT molecular complexity index is 421. The average molecular weight is 251 g/mol. The van der Waals surface area contributed by atoms with Gasteiger partial charge in [0.1, 0.15) is 17.2 Å². The number of nitrogens with two attached hydrogens (primary N) is 1. The predicted molar refractivity (Wildman–Crippen MR) is 71.1 cm³/mol. The highest BCUT2D eigenvalue weighted by Gasteiger charge is 2.37. The normalized spacial score (nSPS) is 26.6. The fraction of sp³-hybridized carbons (Fsp3) is 0.600. The van der Waals surface area contributed by atoms with E-state index in [4.69, 9.17) is 10.5 Å². The summed E-state index contributed by atoms with van der Waals surface area (Å²) >= 11 is 0. The second-order valence-electron chi connectivity index (χ2n) is 5.23. The molecule has 1 aromatic rings. The van der Waals surface area contributed by atoms with E-state index in [1.165, 1.54) is 12.1 Å². The number of hydrogen-bond acceptors (Lipinski definition) is 2. The minimum absolute atomic E-state index is 0.0499. The molecule has 1 aromatic carbocycles. The van der Waals surface area contributed by atoms with Gasteiger partial charge in [0.2, 0.25) is 0 Å². The Morgan fingerprint density at radius 2 is 2.22 bits per heavy atom. The van der Waals surface area contributed by atoms with Crippen LogP contribution in [0.4, 0.5) is 4.39 Å². The first-order valence-electron chi connectivity index (χ1n) is 6.84. The van der Waals surface area contributed by atoms with Crippen molar-refractivity contribution in [2.75, 3.05) is 0 Å². The van der Waals surface area contributed by atoms with Crippen LogP contribution in [-0.2, 0) is 0 Å². The molecule has 2 unspecified atom stereocenters. The van der Waals surface area contributed by atoms with Gasteiger partial charge in [0, 0.05) is 24.1 Å². The number of unbranched alkanes of at least 4 members (excludes halogenated alkanes) is 1. The van der Waals surface area contributed by atoms with Crippen LogP contribution in [-0.4, -0.2) is 5.60 Å². The van der Waals surface area contributed by atoms with Gasteiger partial charge in [0.25, 0.3) is 0 Å². The van der Waals surface area contributed by atoms with Crippen LogP contribution in [0, 0.1) is 5.82 Å². The van der Waals surface area contributed by atoms with Crippen molar-refractivity contribution in [3.8, 4) is 5.75 Å². The standard InChI is InChI=1S/C15H22FNO/c1-3-5-8-15(4-2)10-13(17)12-7-6-11(16)9-14(12)18-15/h6-7,9,13H,3-5,8,10,17H2,1-2H3. The number of hydrogen-bond donors (Lipinski definition) is 1. The van der Waals surface area contributed by atoms with E-state index < -0.39 is 0 Å². The minimum Gasteiger partial charge on any atom is -0.487 e.